The molecule has 0 saturated carbocycles. The van der Waals surface area contributed by atoms with Gasteiger partial charge in [-0.3, -0.25) is 0 Å². The highest BCUT2D eigenvalue weighted by molar-refractivity contribution is 6.59. The van der Waals surface area contributed by atoms with E-state index in [0.29, 0.717) is 9.52 Å². The lowest BCUT2D eigenvalue weighted by molar-refractivity contribution is -0.0429. The van der Waals surface area contributed by atoms with Crippen LogP contribution in [0.3, 0.4) is 0 Å². The molecule has 2 nitrogen and oxygen atoms in total. The molecule has 0 heterocycles. The van der Waals surface area contributed by atoms with E-state index in [1.807, 2.05) is 0 Å². The second kappa shape index (κ2) is 5.36. The van der Waals surface area contributed by atoms with Crippen LogP contribution in [0.2, 0.25) is 0 Å². The van der Waals surface area contributed by atoms with Crippen molar-refractivity contribution in [1.82, 2.24) is 0 Å². The van der Waals surface area contributed by atoms with Gasteiger partial charge in [0.1, 0.15) is 5.91 Å². The Bertz CT molecular complexity index is 944. The van der Waals surface area contributed by atoms with Crippen molar-refractivity contribution in [2.75, 3.05) is 14.2 Å². The third-order valence-corrected chi connectivity index (χ3v) is 5.64. The van der Waals surface area contributed by atoms with Gasteiger partial charge in [-0.05, 0) is 37.5 Å². The summed E-state index contributed by atoms with van der Waals surface area (Å²) in [4.78, 5) is 0. The molecule has 0 atom stereocenters. The maximum absolute atomic E-state index is 5.41. The van der Waals surface area contributed by atoms with Crippen LogP contribution < -0.4 is 5.19 Å². The van der Waals surface area contributed by atoms with Crippen LogP contribution >= 0.6 is 0 Å². The normalized spacial score (nSPS) is 12.1. The fraction of sp³-hybridized carbons (Fsp3) is 0.158. The summed E-state index contributed by atoms with van der Waals surface area (Å²) in [7, 11) is 3.85. The molecule has 2 radical (unpaired) electrons. The summed E-state index contributed by atoms with van der Waals surface area (Å²) in [5, 5.41) is 9.19. The molecule has 0 N–H and O–H groups in total. The highest BCUT2D eigenvalue weighted by Gasteiger charge is 2.15. The molecule has 0 aliphatic carbocycles. The number of hydrogen-bond acceptors (Lipinski definition) is 2. The third-order valence-electron chi connectivity index (χ3n) is 4.21. The predicted molar refractivity (Wildman–Crippen MR) is 93.3 cm³/mol. The van der Waals surface area contributed by atoms with E-state index >= 15 is 0 Å². The van der Waals surface area contributed by atoms with Crippen molar-refractivity contribution in [1.29, 1.82) is 0 Å². The van der Waals surface area contributed by atoms with E-state index in [1.54, 1.807) is 14.2 Å². The standard InChI is InChI=1S/C19H16O2Si/c1-20-19(21-2)22-16-11-14-7-3-5-12-9-10-13-6-4-8-15(16)18(13)17(12)14/h3-11,19H,1-2H3. The summed E-state index contributed by atoms with van der Waals surface area (Å²) in [5.41, 5.74) is 0. The molecule has 0 spiro atoms. The summed E-state index contributed by atoms with van der Waals surface area (Å²) >= 11 is 0. The highest BCUT2D eigenvalue weighted by atomic mass is 28.2. The smallest absolute Gasteiger partial charge is 0.157 e. The van der Waals surface area contributed by atoms with Crippen molar-refractivity contribution in [3.05, 3.63) is 54.6 Å². The lowest BCUT2D eigenvalue weighted by atomic mass is 9.94. The first-order valence-electron chi connectivity index (χ1n) is 7.30. The SMILES string of the molecule is COC(OC)[Si]c1cc2cccc3ccc4cccc1c4c32. The minimum atomic E-state index is -0.189. The topological polar surface area (TPSA) is 18.5 Å². The van der Waals surface area contributed by atoms with Crippen LogP contribution in [0.1, 0.15) is 0 Å². The molecule has 0 bridgehead atoms. The number of methoxy groups -OCH3 is 2. The van der Waals surface area contributed by atoms with Crippen LogP contribution in [-0.2, 0) is 9.47 Å². The zero-order valence-corrected chi connectivity index (χ0v) is 13.6. The third kappa shape index (κ3) is 2.02. The molecule has 0 aromatic heterocycles. The van der Waals surface area contributed by atoms with E-state index in [2.05, 4.69) is 54.6 Å². The van der Waals surface area contributed by atoms with E-state index in [4.69, 9.17) is 9.47 Å². The van der Waals surface area contributed by atoms with Gasteiger partial charge in [0.2, 0.25) is 0 Å². The number of rotatable bonds is 4. The van der Waals surface area contributed by atoms with Gasteiger partial charge >= 0.3 is 0 Å². The molecule has 0 amide bonds. The molecular weight excluding hydrogens is 288 g/mol. The van der Waals surface area contributed by atoms with Crippen LogP contribution in [0, 0.1) is 0 Å². The van der Waals surface area contributed by atoms with Gasteiger partial charge in [0, 0.05) is 14.2 Å². The van der Waals surface area contributed by atoms with Crippen molar-refractivity contribution >= 4 is 47.0 Å². The van der Waals surface area contributed by atoms with Crippen molar-refractivity contribution in [3.63, 3.8) is 0 Å². The van der Waals surface area contributed by atoms with Crippen LogP contribution in [0.15, 0.2) is 54.6 Å². The summed E-state index contributed by atoms with van der Waals surface area (Å²) in [6.07, 6.45) is 0. The highest BCUT2D eigenvalue weighted by Crippen LogP contribution is 2.33. The quantitative estimate of drug-likeness (QED) is 0.326. The van der Waals surface area contributed by atoms with E-state index < -0.39 is 0 Å². The zero-order chi connectivity index (χ0) is 15.1. The van der Waals surface area contributed by atoms with Crippen LogP contribution in [0.5, 0.6) is 0 Å². The van der Waals surface area contributed by atoms with Crippen molar-refractivity contribution in [2.24, 2.45) is 0 Å². The average Bonchev–Trinajstić information content (AvgIpc) is 2.58. The first kappa shape index (κ1) is 13.7. The van der Waals surface area contributed by atoms with Gasteiger partial charge < -0.3 is 9.47 Å². The van der Waals surface area contributed by atoms with Gasteiger partial charge in [-0.25, -0.2) is 0 Å². The molecule has 0 aliphatic rings. The maximum Gasteiger partial charge on any atom is 0.157 e. The Morgan fingerprint density at radius 1 is 0.773 bits per heavy atom. The molecule has 4 aromatic carbocycles. The summed E-state index contributed by atoms with van der Waals surface area (Å²) in [6, 6.07) is 19.7. The molecule has 0 aliphatic heterocycles. The van der Waals surface area contributed by atoms with Crippen molar-refractivity contribution in [3.8, 4) is 0 Å². The minimum Gasteiger partial charge on any atom is -0.360 e. The molecule has 4 aromatic rings. The van der Waals surface area contributed by atoms with Crippen LogP contribution in [0.25, 0.3) is 32.3 Å². The summed E-state index contributed by atoms with van der Waals surface area (Å²) in [6.45, 7) is 0. The Morgan fingerprint density at radius 2 is 1.41 bits per heavy atom. The molecule has 0 fully saturated rings. The number of hydrogen-bond donors (Lipinski definition) is 0. The van der Waals surface area contributed by atoms with E-state index in [1.165, 1.54) is 37.5 Å². The predicted octanol–water partition coefficient (Wildman–Crippen LogP) is 3.49. The van der Waals surface area contributed by atoms with Crippen molar-refractivity contribution < 1.29 is 9.47 Å². The molecular formula is C19H16O2Si. The summed E-state index contributed by atoms with van der Waals surface area (Å²) < 4.78 is 10.8. The average molecular weight is 304 g/mol. The molecule has 4 rings (SSSR count). The molecule has 22 heavy (non-hydrogen) atoms. The van der Waals surface area contributed by atoms with E-state index in [0.717, 1.165) is 0 Å². The number of benzene rings is 4. The van der Waals surface area contributed by atoms with Gasteiger partial charge in [0.25, 0.3) is 0 Å². The first-order chi connectivity index (χ1) is 10.8. The summed E-state index contributed by atoms with van der Waals surface area (Å²) in [5.74, 6) is -0.189. The monoisotopic (exact) mass is 304 g/mol. The van der Waals surface area contributed by atoms with E-state index in [9.17, 15) is 0 Å². The number of ether oxygens (including phenoxy) is 2. The fourth-order valence-corrected chi connectivity index (χ4v) is 4.31. The lowest BCUT2D eigenvalue weighted by Gasteiger charge is -2.17. The molecule has 0 unspecified atom stereocenters. The molecule has 108 valence electrons. The maximum atomic E-state index is 5.41. The minimum absolute atomic E-state index is 0.189. The van der Waals surface area contributed by atoms with E-state index in [-0.39, 0.29) is 5.91 Å². The first-order valence-corrected chi connectivity index (χ1v) is 8.38. The molecule has 0 saturated heterocycles. The van der Waals surface area contributed by atoms with Gasteiger partial charge in [-0.2, -0.15) is 0 Å². The lowest BCUT2D eigenvalue weighted by Crippen LogP contribution is -2.31. The Labute approximate surface area is 131 Å². The largest absolute Gasteiger partial charge is 0.360 e. The second-order valence-corrected chi connectivity index (χ2v) is 6.72. The Kier molecular flexibility index (Phi) is 3.34. The molecule has 3 heteroatoms. The van der Waals surface area contributed by atoms with Crippen molar-refractivity contribution in [2.45, 2.75) is 5.91 Å². The van der Waals surface area contributed by atoms with Gasteiger partial charge in [0.05, 0.1) is 0 Å². The fourth-order valence-electron chi connectivity index (χ4n) is 3.22. The zero-order valence-electron chi connectivity index (χ0n) is 12.6. The van der Waals surface area contributed by atoms with Gasteiger partial charge in [0.15, 0.2) is 9.52 Å². The van der Waals surface area contributed by atoms with Gasteiger partial charge in [-0.1, -0.05) is 54.6 Å². The Morgan fingerprint density at radius 3 is 2.14 bits per heavy atom. The Balaban J connectivity index is 2.08. The van der Waals surface area contributed by atoms with Crippen LogP contribution in [0.4, 0.5) is 0 Å². The van der Waals surface area contributed by atoms with Gasteiger partial charge in [-0.15, -0.1) is 0 Å². The second-order valence-electron chi connectivity index (χ2n) is 5.42. The van der Waals surface area contributed by atoms with Crippen LogP contribution in [-0.4, -0.2) is 29.7 Å². The Hall–Kier alpha value is -1.94.